The highest BCUT2D eigenvalue weighted by Gasteiger charge is 2.04. The molecule has 0 spiro atoms. The molecule has 0 bridgehead atoms. The number of rotatable bonds is 4. The number of nitrogens with zero attached hydrogens (tertiary/aromatic N) is 2. The highest BCUT2D eigenvalue weighted by Crippen LogP contribution is 2.10. The van der Waals surface area contributed by atoms with E-state index in [1.807, 2.05) is 12.1 Å². The standard InChI is InChI=1S/C12H13BrN4O/c13-10-3-1-9(2-4-10)12(18)15-5-6-17-8-11(14)7-16-17/h1-4,7-8H,5-6,14H2,(H,15,18). The van der Waals surface area contributed by atoms with Crippen LogP contribution in [-0.4, -0.2) is 22.2 Å². The number of nitrogens with one attached hydrogen (secondary N) is 1. The third-order valence-corrected chi connectivity index (χ3v) is 2.91. The molecule has 2 rings (SSSR count). The Bertz CT molecular complexity index is 535. The average molecular weight is 309 g/mol. The molecule has 0 aliphatic rings. The van der Waals surface area contributed by atoms with Crippen LogP contribution in [0.3, 0.4) is 0 Å². The highest BCUT2D eigenvalue weighted by atomic mass is 79.9. The Morgan fingerprint density at radius 2 is 2.11 bits per heavy atom. The number of nitrogen functional groups attached to an aromatic ring is 1. The molecule has 1 aromatic carbocycles. The Labute approximate surface area is 113 Å². The first-order valence-corrected chi connectivity index (χ1v) is 6.26. The van der Waals surface area contributed by atoms with Crippen molar-refractivity contribution in [3.8, 4) is 0 Å². The smallest absolute Gasteiger partial charge is 0.251 e. The molecule has 0 atom stereocenters. The minimum atomic E-state index is -0.0948. The summed E-state index contributed by atoms with van der Waals surface area (Å²) in [5.41, 5.74) is 6.80. The van der Waals surface area contributed by atoms with Crippen molar-refractivity contribution in [1.29, 1.82) is 0 Å². The summed E-state index contributed by atoms with van der Waals surface area (Å²) in [6.45, 7) is 1.11. The van der Waals surface area contributed by atoms with Gasteiger partial charge in [-0.15, -0.1) is 0 Å². The van der Waals surface area contributed by atoms with Gasteiger partial charge in [-0.2, -0.15) is 5.10 Å². The summed E-state index contributed by atoms with van der Waals surface area (Å²) in [6, 6.07) is 7.21. The molecule has 18 heavy (non-hydrogen) atoms. The van der Waals surface area contributed by atoms with Crippen LogP contribution in [0.2, 0.25) is 0 Å². The average Bonchev–Trinajstić information content (AvgIpc) is 2.76. The molecule has 0 saturated heterocycles. The molecule has 94 valence electrons. The summed E-state index contributed by atoms with van der Waals surface area (Å²) in [6.07, 6.45) is 3.31. The van der Waals surface area contributed by atoms with E-state index in [2.05, 4.69) is 26.3 Å². The Balaban J connectivity index is 1.83. The van der Waals surface area contributed by atoms with E-state index >= 15 is 0 Å². The molecule has 0 unspecified atom stereocenters. The van der Waals surface area contributed by atoms with Crippen LogP contribution in [0.15, 0.2) is 41.1 Å². The van der Waals surface area contributed by atoms with E-state index < -0.39 is 0 Å². The molecule has 0 saturated carbocycles. The van der Waals surface area contributed by atoms with E-state index in [9.17, 15) is 4.79 Å². The van der Waals surface area contributed by atoms with Crippen molar-refractivity contribution < 1.29 is 4.79 Å². The monoisotopic (exact) mass is 308 g/mol. The number of carbonyl (C=O) groups is 1. The van der Waals surface area contributed by atoms with Crippen LogP contribution in [0.4, 0.5) is 5.69 Å². The first-order chi connectivity index (χ1) is 8.65. The number of halogens is 1. The van der Waals surface area contributed by atoms with Crippen LogP contribution in [0.1, 0.15) is 10.4 Å². The topological polar surface area (TPSA) is 72.9 Å². The number of aromatic nitrogens is 2. The molecule has 0 radical (unpaired) electrons. The zero-order chi connectivity index (χ0) is 13.0. The van der Waals surface area contributed by atoms with Gasteiger partial charge < -0.3 is 11.1 Å². The van der Waals surface area contributed by atoms with Gasteiger partial charge in [0.15, 0.2) is 0 Å². The molecule has 6 heteroatoms. The maximum Gasteiger partial charge on any atom is 0.251 e. The summed E-state index contributed by atoms with van der Waals surface area (Å²) in [4.78, 5) is 11.8. The van der Waals surface area contributed by atoms with Crippen LogP contribution in [-0.2, 0) is 6.54 Å². The van der Waals surface area contributed by atoms with Gasteiger partial charge in [-0.25, -0.2) is 0 Å². The maximum absolute atomic E-state index is 11.8. The lowest BCUT2D eigenvalue weighted by molar-refractivity contribution is 0.0952. The summed E-state index contributed by atoms with van der Waals surface area (Å²) >= 11 is 3.32. The van der Waals surface area contributed by atoms with Crippen molar-refractivity contribution in [3.05, 3.63) is 46.7 Å². The first kappa shape index (κ1) is 12.6. The SMILES string of the molecule is Nc1cnn(CCNC(=O)c2ccc(Br)cc2)c1. The van der Waals surface area contributed by atoms with E-state index in [0.717, 1.165) is 4.47 Å². The molecule has 5 nitrogen and oxygen atoms in total. The van der Waals surface area contributed by atoms with Crippen LogP contribution < -0.4 is 11.1 Å². The van der Waals surface area contributed by atoms with Gasteiger partial charge in [0.2, 0.25) is 0 Å². The molecule has 0 aliphatic heterocycles. The number of anilines is 1. The first-order valence-electron chi connectivity index (χ1n) is 5.47. The van der Waals surface area contributed by atoms with Gasteiger partial charge in [0.1, 0.15) is 0 Å². The number of amides is 1. The maximum atomic E-state index is 11.8. The molecule has 0 aliphatic carbocycles. The largest absolute Gasteiger partial charge is 0.396 e. The Hall–Kier alpha value is -1.82. The van der Waals surface area contributed by atoms with Gasteiger partial charge in [-0.3, -0.25) is 9.48 Å². The lowest BCUT2D eigenvalue weighted by Gasteiger charge is -2.05. The number of nitrogens with two attached hydrogens (primary N) is 1. The number of hydrogen-bond donors (Lipinski definition) is 2. The Morgan fingerprint density at radius 1 is 1.39 bits per heavy atom. The molecule has 1 aromatic heterocycles. The van der Waals surface area contributed by atoms with Gasteiger partial charge in [0, 0.05) is 22.8 Å². The van der Waals surface area contributed by atoms with Gasteiger partial charge >= 0.3 is 0 Å². The Kier molecular flexibility index (Phi) is 3.99. The fourth-order valence-corrected chi connectivity index (χ4v) is 1.75. The lowest BCUT2D eigenvalue weighted by Crippen LogP contribution is -2.27. The van der Waals surface area contributed by atoms with Crippen molar-refractivity contribution in [2.75, 3.05) is 12.3 Å². The van der Waals surface area contributed by atoms with Gasteiger partial charge in [-0.05, 0) is 24.3 Å². The molecular weight excluding hydrogens is 296 g/mol. The highest BCUT2D eigenvalue weighted by molar-refractivity contribution is 9.10. The van der Waals surface area contributed by atoms with Gasteiger partial charge in [0.25, 0.3) is 5.91 Å². The fraction of sp³-hybridized carbons (Fsp3) is 0.167. The van der Waals surface area contributed by atoms with E-state index in [4.69, 9.17) is 5.73 Å². The van der Waals surface area contributed by atoms with Crippen LogP contribution in [0.5, 0.6) is 0 Å². The van der Waals surface area contributed by atoms with Crippen molar-refractivity contribution >= 4 is 27.5 Å². The molecule has 3 N–H and O–H groups in total. The minimum absolute atomic E-state index is 0.0948. The summed E-state index contributed by atoms with van der Waals surface area (Å²) < 4.78 is 2.64. The van der Waals surface area contributed by atoms with Gasteiger partial charge in [0.05, 0.1) is 18.4 Å². The molecule has 2 aromatic rings. The molecule has 1 heterocycles. The van der Waals surface area contributed by atoms with E-state index in [0.29, 0.717) is 24.3 Å². The van der Waals surface area contributed by atoms with Crippen molar-refractivity contribution in [1.82, 2.24) is 15.1 Å². The molecule has 1 amide bonds. The van der Waals surface area contributed by atoms with Crippen molar-refractivity contribution in [2.45, 2.75) is 6.54 Å². The van der Waals surface area contributed by atoms with E-state index in [1.54, 1.807) is 29.2 Å². The third-order valence-electron chi connectivity index (χ3n) is 2.39. The molecule has 0 fully saturated rings. The van der Waals surface area contributed by atoms with Crippen molar-refractivity contribution in [2.24, 2.45) is 0 Å². The second kappa shape index (κ2) is 5.68. The quantitative estimate of drug-likeness (QED) is 0.902. The predicted octanol–water partition coefficient (Wildman–Crippen LogP) is 1.66. The van der Waals surface area contributed by atoms with E-state index in [1.165, 1.54) is 0 Å². The van der Waals surface area contributed by atoms with Crippen molar-refractivity contribution in [3.63, 3.8) is 0 Å². The number of carbonyl (C=O) groups excluding carboxylic acids is 1. The Morgan fingerprint density at radius 3 is 2.72 bits per heavy atom. The van der Waals surface area contributed by atoms with Crippen LogP contribution in [0, 0.1) is 0 Å². The second-order valence-corrected chi connectivity index (χ2v) is 4.72. The van der Waals surface area contributed by atoms with Gasteiger partial charge in [-0.1, -0.05) is 15.9 Å². The zero-order valence-electron chi connectivity index (χ0n) is 9.64. The number of hydrogen-bond acceptors (Lipinski definition) is 3. The predicted molar refractivity (Wildman–Crippen MR) is 73.1 cm³/mol. The fourth-order valence-electron chi connectivity index (χ4n) is 1.49. The summed E-state index contributed by atoms with van der Waals surface area (Å²) in [7, 11) is 0. The third kappa shape index (κ3) is 3.33. The normalized spacial score (nSPS) is 10.3. The summed E-state index contributed by atoms with van der Waals surface area (Å²) in [5.74, 6) is -0.0948. The zero-order valence-corrected chi connectivity index (χ0v) is 11.2. The summed E-state index contributed by atoms with van der Waals surface area (Å²) in [5, 5.41) is 6.85. The minimum Gasteiger partial charge on any atom is -0.396 e. The number of benzene rings is 1. The molecular formula is C12H13BrN4O. The van der Waals surface area contributed by atoms with E-state index in [-0.39, 0.29) is 5.91 Å². The lowest BCUT2D eigenvalue weighted by atomic mass is 10.2. The second-order valence-electron chi connectivity index (χ2n) is 3.80. The van der Waals surface area contributed by atoms with Crippen LogP contribution >= 0.6 is 15.9 Å². The van der Waals surface area contributed by atoms with Crippen LogP contribution in [0.25, 0.3) is 0 Å².